The molecule has 2 aromatic carbocycles. The number of carbonyl (C=O) groups is 1. The number of non-ortho nitro benzene ring substituents is 1. The van der Waals surface area contributed by atoms with Crippen LogP contribution in [0.5, 0.6) is 0 Å². The SMILES string of the molecule is COCCCCN1C(=O)[C@@H](Sc2ccccc2)[C@@H]1c1ccc([N+](=O)[O-])cc1. The summed E-state index contributed by atoms with van der Waals surface area (Å²) in [5, 5.41) is 10.7. The third kappa shape index (κ3) is 4.48. The predicted octanol–water partition coefficient (Wildman–Crippen LogP) is 4.07. The molecule has 0 unspecified atom stereocenters. The maximum atomic E-state index is 12.8. The van der Waals surface area contributed by atoms with Gasteiger partial charge >= 0.3 is 0 Å². The lowest BCUT2D eigenvalue weighted by molar-refractivity contribution is -0.384. The van der Waals surface area contributed by atoms with Crippen LogP contribution in [0.25, 0.3) is 0 Å². The molecule has 0 N–H and O–H groups in total. The van der Waals surface area contributed by atoms with Crippen LogP contribution in [0.15, 0.2) is 59.5 Å². The predicted molar refractivity (Wildman–Crippen MR) is 105 cm³/mol. The fraction of sp³-hybridized carbons (Fsp3) is 0.350. The second kappa shape index (κ2) is 9.01. The van der Waals surface area contributed by atoms with Crippen LogP contribution in [-0.2, 0) is 9.53 Å². The Morgan fingerprint density at radius 2 is 1.81 bits per heavy atom. The molecular formula is C20H22N2O4S. The molecule has 1 aliphatic rings. The number of thioether (sulfide) groups is 1. The van der Waals surface area contributed by atoms with E-state index in [2.05, 4.69) is 0 Å². The molecule has 142 valence electrons. The van der Waals surface area contributed by atoms with E-state index in [4.69, 9.17) is 4.74 Å². The van der Waals surface area contributed by atoms with Crippen molar-refractivity contribution in [2.45, 2.75) is 29.0 Å². The summed E-state index contributed by atoms with van der Waals surface area (Å²) in [7, 11) is 1.67. The highest BCUT2D eigenvalue weighted by Gasteiger charge is 2.48. The van der Waals surface area contributed by atoms with Gasteiger partial charge in [0.1, 0.15) is 5.25 Å². The molecule has 1 heterocycles. The number of nitro groups is 1. The zero-order chi connectivity index (χ0) is 19.2. The fourth-order valence-corrected chi connectivity index (χ4v) is 4.48. The molecule has 0 bridgehead atoms. The largest absolute Gasteiger partial charge is 0.385 e. The molecule has 0 spiro atoms. The molecular weight excluding hydrogens is 364 g/mol. The number of nitro benzene ring substituents is 1. The molecule has 1 fully saturated rings. The number of hydrogen-bond donors (Lipinski definition) is 0. The molecule has 7 heteroatoms. The van der Waals surface area contributed by atoms with Gasteiger partial charge < -0.3 is 9.64 Å². The van der Waals surface area contributed by atoms with Crippen molar-refractivity contribution >= 4 is 23.4 Å². The van der Waals surface area contributed by atoms with Crippen molar-refractivity contribution in [1.29, 1.82) is 0 Å². The molecule has 0 aromatic heterocycles. The van der Waals surface area contributed by atoms with Crippen LogP contribution >= 0.6 is 11.8 Å². The lowest BCUT2D eigenvalue weighted by atomic mass is 9.92. The third-order valence-electron chi connectivity index (χ3n) is 4.60. The first-order valence-corrected chi connectivity index (χ1v) is 9.75. The van der Waals surface area contributed by atoms with Crippen LogP contribution in [0.4, 0.5) is 5.69 Å². The van der Waals surface area contributed by atoms with Crippen molar-refractivity contribution in [3.8, 4) is 0 Å². The average molecular weight is 386 g/mol. The van der Waals surface area contributed by atoms with Crippen molar-refractivity contribution in [3.05, 3.63) is 70.3 Å². The van der Waals surface area contributed by atoms with Gasteiger partial charge in [0, 0.05) is 37.3 Å². The van der Waals surface area contributed by atoms with E-state index in [-0.39, 0.29) is 22.9 Å². The number of likely N-dealkylation sites (tertiary alicyclic amines) is 1. The summed E-state index contributed by atoms with van der Waals surface area (Å²) in [6, 6.07) is 16.3. The molecule has 0 saturated carbocycles. The number of hydrogen-bond acceptors (Lipinski definition) is 5. The smallest absolute Gasteiger partial charge is 0.269 e. The molecule has 0 aliphatic carbocycles. The molecule has 1 saturated heterocycles. The van der Waals surface area contributed by atoms with Gasteiger partial charge in [-0.2, -0.15) is 0 Å². The van der Waals surface area contributed by atoms with Gasteiger partial charge in [0.2, 0.25) is 5.91 Å². The maximum absolute atomic E-state index is 12.8. The Morgan fingerprint density at radius 1 is 1.11 bits per heavy atom. The molecule has 1 amide bonds. The lowest BCUT2D eigenvalue weighted by Crippen LogP contribution is -2.57. The summed E-state index contributed by atoms with van der Waals surface area (Å²) < 4.78 is 5.08. The zero-order valence-corrected chi connectivity index (χ0v) is 15.9. The molecule has 3 rings (SSSR count). The molecule has 2 aromatic rings. The minimum Gasteiger partial charge on any atom is -0.385 e. The minimum atomic E-state index is -0.408. The summed E-state index contributed by atoms with van der Waals surface area (Å²) >= 11 is 1.55. The quantitative estimate of drug-likeness (QED) is 0.281. The number of carbonyl (C=O) groups excluding carboxylic acids is 1. The highest BCUT2D eigenvalue weighted by molar-refractivity contribution is 8.00. The van der Waals surface area contributed by atoms with Gasteiger partial charge in [-0.1, -0.05) is 30.3 Å². The first-order valence-electron chi connectivity index (χ1n) is 8.87. The standard InChI is InChI=1S/C20H22N2O4S/c1-26-14-6-5-13-21-18(15-9-11-16(12-10-15)22(24)25)19(20(21)23)27-17-7-3-2-4-8-17/h2-4,7-12,18-19H,5-6,13-14H2,1H3/t18-,19-/m0/s1. The number of unbranched alkanes of at least 4 members (excludes halogenated alkanes) is 1. The Bertz CT molecular complexity index is 782. The highest BCUT2D eigenvalue weighted by atomic mass is 32.2. The van der Waals surface area contributed by atoms with E-state index in [1.165, 1.54) is 12.1 Å². The van der Waals surface area contributed by atoms with Gasteiger partial charge in [0.15, 0.2) is 0 Å². The molecule has 27 heavy (non-hydrogen) atoms. The summed E-state index contributed by atoms with van der Waals surface area (Å²) in [5.41, 5.74) is 0.990. The zero-order valence-electron chi connectivity index (χ0n) is 15.1. The summed E-state index contributed by atoms with van der Waals surface area (Å²) in [6.07, 6.45) is 1.76. The van der Waals surface area contributed by atoms with Crippen LogP contribution < -0.4 is 0 Å². The summed E-state index contributed by atoms with van der Waals surface area (Å²) in [6.45, 7) is 1.34. The number of nitrogens with zero attached hydrogens (tertiary/aromatic N) is 2. The van der Waals surface area contributed by atoms with Crippen LogP contribution in [0.3, 0.4) is 0 Å². The van der Waals surface area contributed by atoms with E-state index in [1.807, 2.05) is 35.2 Å². The molecule has 0 radical (unpaired) electrons. The second-order valence-electron chi connectivity index (χ2n) is 6.38. The van der Waals surface area contributed by atoms with E-state index in [9.17, 15) is 14.9 Å². The van der Waals surface area contributed by atoms with Crippen LogP contribution in [0, 0.1) is 10.1 Å². The average Bonchev–Trinajstić information content (AvgIpc) is 2.69. The van der Waals surface area contributed by atoms with E-state index in [0.29, 0.717) is 13.2 Å². The van der Waals surface area contributed by atoms with Crippen molar-refractivity contribution in [1.82, 2.24) is 4.90 Å². The van der Waals surface area contributed by atoms with Crippen molar-refractivity contribution in [2.24, 2.45) is 0 Å². The Hall–Kier alpha value is -2.38. The van der Waals surface area contributed by atoms with Gasteiger partial charge in [-0.3, -0.25) is 14.9 Å². The fourth-order valence-electron chi connectivity index (χ4n) is 3.20. The van der Waals surface area contributed by atoms with Gasteiger partial charge in [0.05, 0.1) is 11.0 Å². The number of β-lactam (4-membered cyclic amide) rings is 1. The molecule has 6 nitrogen and oxygen atoms in total. The van der Waals surface area contributed by atoms with E-state index in [1.54, 1.807) is 31.0 Å². The third-order valence-corrected chi connectivity index (χ3v) is 5.86. The van der Waals surface area contributed by atoms with E-state index < -0.39 is 4.92 Å². The first-order chi connectivity index (χ1) is 13.1. The first kappa shape index (κ1) is 19.4. The number of benzene rings is 2. The van der Waals surface area contributed by atoms with Crippen LogP contribution in [0.1, 0.15) is 24.4 Å². The molecule has 1 aliphatic heterocycles. The van der Waals surface area contributed by atoms with E-state index in [0.717, 1.165) is 23.3 Å². The van der Waals surface area contributed by atoms with Crippen molar-refractivity contribution in [2.75, 3.05) is 20.3 Å². The summed E-state index contributed by atoms with van der Waals surface area (Å²) in [5.74, 6) is 0.115. The number of ether oxygens (including phenoxy) is 1. The monoisotopic (exact) mass is 386 g/mol. The number of rotatable bonds is 9. The van der Waals surface area contributed by atoms with Gasteiger partial charge in [0.25, 0.3) is 5.69 Å². The van der Waals surface area contributed by atoms with Gasteiger partial charge in [-0.15, -0.1) is 11.8 Å². The van der Waals surface area contributed by atoms with Crippen molar-refractivity contribution in [3.63, 3.8) is 0 Å². The maximum Gasteiger partial charge on any atom is 0.269 e. The summed E-state index contributed by atoms with van der Waals surface area (Å²) in [4.78, 5) is 26.2. The second-order valence-corrected chi connectivity index (χ2v) is 7.59. The van der Waals surface area contributed by atoms with Crippen molar-refractivity contribution < 1.29 is 14.5 Å². The minimum absolute atomic E-state index is 0.0586. The highest BCUT2D eigenvalue weighted by Crippen LogP contribution is 2.45. The Kier molecular flexibility index (Phi) is 6.47. The van der Waals surface area contributed by atoms with Crippen LogP contribution in [-0.4, -0.2) is 41.2 Å². The Labute approximate surface area is 162 Å². The van der Waals surface area contributed by atoms with Crippen LogP contribution in [0.2, 0.25) is 0 Å². The lowest BCUT2D eigenvalue weighted by Gasteiger charge is -2.47. The van der Waals surface area contributed by atoms with E-state index >= 15 is 0 Å². The normalized spacial score (nSPS) is 19.0. The Balaban J connectivity index is 1.77. The van der Waals surface area contributed by atoms with Gasteiger partial charge in [-0.25, -0.2) is 0 Å². The van der Waals surface area contributed by atoms with Gasteiger partial charge in [-0.05, 0) is 30.5 Å². The topological polar surface area (TPSA) is 72.7 Å². The number of methoxy groups -OCH3 is 1. The Morgan fingerprint density at radius 3 is 2.44 bits per heavy atom. The molecule has 2 atom stereocenters. The number of amides is 1.